The quantitative estimate of drug-likeness (QED) is 0.446. The van der Waals surface area contributed by atoms with Crippen LogP contribution in [0.1, 0.15) is 6.92 Å². The highest BCUT2D eigenvalue weighted by atomic mass is 14.6. The molecule has 0 heterocycles. The van der Waals surface area contributed by atoms with Gasteiger partial charge in [-0.1, -0.05) is 0 Å². The molecule has 0 aromatic rings. The van der Waals surface area contributed by atoms with Crippen molar-refractivity contribution >= 4 is 11.9 Å². The second kappa shape index (κ2) is 2.96. The summed E-state index contributed by atoms with van der Waals surface area (Å²) >= 11 is 0. The molecule has 8 heavy (non-hydrogen) atoms. The van der Waals surface area contributed by atoms with E-state index < -0.39 is 0 Å². The predicted molar refractivity (Wildman–Crippen MR) is 34.5 cm³/mol. The highest BCUT2D eigenvalue weighted by molar-refractivity contribution is 5.97. The van der Waals surface area contributed by atoms with E-state index in [-0.39, 0.29) is 0 Å². The predicted octanol–water partition coefficient (Wildman–Crippen LogP) is 0.518. The largest absolute Gasteiger partial charge is 0.397 e. The number of nitrogens with two attached hydrogens (primary N) is 1. The van der Waals surface area contributed by atoms with E-state index in [0.29, 0.717) is 11.4 Å². The third-order valence-electron chi connectivity index (χ3n) is 0.696. The van der Waals surface area contributed by atoms with Gasteiger partial charge in [-0.25, -0.2) is 0 Å². The van der Waals surface area contributed by atoms with Gasteiger partial charge in [-0.05, 0) is 13.0 Å². The summed E-state index contributed by atoms with van der Waals surface area (Å²) in [6, 6.07) is 0. The summed E-state index contributed by atoms with van der Waals surface area (Å²) in [5.74, 6) is 0. The van der Waals surface area contributed by atoms with Gasteiger partial charge in [0.1, 0.15) is 0 Å². The highest BCUT2D eigenvalue weighted by Crippen LogP contribution is 1.81. The first kappa shape index (κ1) is 6.88. The maximum absolute atomic E-state index is 6.91. The molecule has 0 saturated heterocycles. The van der Waals surface area contributed by atoms with Gasteiger partial charge >= 0.3 is 0 Å². The van der Waals surface area contributed by atoms with E-state index in [0.717, 1.165) is 6.21 Å². The second-order valence-corrected chi connectivity index (χ2v) is 1.41. The van der Waals surface area contributed by atoms with Gasteiger partial charge in [0.25, 0.3) is 0 Å². The third kappa shape index (κ3) is 2.12. The molecule has 0 aliphatic carbocycles. The van der Waals surface area contributed by atoms with Crippen LogP contribution < -0.4 is 5.73 Å². The maximum atomic E-state index is 6.91. The van der Waals surface area contributed by atoms with Crippen LogP contribution in [0.4, 0.5) is 0 Å². The molecule has 0 aliphatic heterocycles. The van der Waals surface area contributed by atoms with Crippen LogP contribution in [0.25, 0.3) is 0 Å². The Balaban J connectivity index is 3.99. The van der Waals surface area contributed by atoms with Crippen LogP contribution in [-0.4, -0.2) is 11.9 Å². The van der Waals surface area contributed by atoms with E-state index in [1.807, 2.05) is 0 Å². The minimum Gasteiger partial charge on any atom is -0.397 e. The van der Waals surface area contributed by atoms with Gasteiger partial charge in [0.15, 0.2) is 0 Å². The molecule has 3 heteroatoms. The van der Waals surface area contributed by atoms with E-state index in [4.69, 9.17) is 16.6 Å². The lowest BCUT2D eigenvalue weighted by Crippen LogP contribution is -2.05. The van der Waals surface area contributed by atoms with Gasteiger partial charge in [-0.2, -0.15) is 0 Å². The fourth-order valence-corrected chi connectivity index (χ4v) is 0.215. The number of hydrogen-bond donors (Lipinski definition) is 3. The molecular weight excluding hydrogens is 102 g/mol. The monoisotopic (exact) mass is 111 g/mol. The number of nitrogens with one attached hydrogen (secondary N) is 2. The van der Waals surface area contributed by atoms with Crippen molar-refractivity contribution in [2.24, 2.45) is 5.73 Å². The summed E-state index contributed by atoms with van der Waals surface area (Å²) in [6.45, 7) is 1.58. The smallest absolute Gasteiger partial charge is 0.0537 e. The van der Waals surface area contributed by atoms with Crippen molar-refractivity contribution in [1.82, 2.24) is 0 Å². The van der Waals surface area contributed by atoms with Crippen molar-refractivity contribution in [3.63, 3.8) is 0 Å². The maximum Gasteiger partial charge on any atom is 0.0537 e. The van der Waals surface area contributed by atoms with Crippen LogP contribution in [0.2, 0.25) is 0 Å². The van der Waals surface area contributed by atoms with Crippen molar-refractivity contribution in [3.05, 3.63) is 11.8 Å². The summed E-state index contributed by atoms with van der Waals surface area (Å²) in [5.41, 5.74) is 5.86. The Morgan fingerprint density at radius 1 is 1.62 bits per heavy atom. The summed E-state index contributed by atoms with van der Waals surface area (Å²) in [6.07, 6.45) is 2.44. The third-order valence-corrected chi connectivity index (χ3v) is 0.696. The average Bonchev–Trinajstić information content (AvgIpc) is 1.67. The lowest BCUT2D eigenvalue weighted by molar-refractivity contribution is 1.38. The molecule has 0 rings (SSSR count). The Hall–Kier alpha value is -1.12. The van der Waals surface area contributed by atoms with Gasteiger partial charge in [0.05, 0.1) is 11.4 Å². The molecule has 0 saturated carbocycles. The number of hydrogen-bond acceptors (Lipinski definition) is 3. The lowest BCUT2D eigenvalue weighted by Gasteiger charge is -1.90. The summed E-state index contributed by atoms with van der Waals surface area (Å²) in [7, 11) is 0. The molecule has 3 nitrogen and oxygen atoms in total. The van der Waals surface area contributed by atoms with Crippen molar-refractivity contribution < 1.29 is 0 Å². The standard InChI is InChI=1S/C5H9N3/c1-4(7)5(8)2-3-6/h2-3,6-7H,8H2,1H3/b5-2+,6-3?,7-4?. The molecule has 0 aliphatic rings. The Morgan fingerprint density at radius 2 is 2.12 bits per heavy atom. The lowest BCUT2D eigenvalue weighted by atomic mass is 10.3. The highest BCUT2D eigenvalue weighted by Gasteiger charge is 1.86. The first-order valence-corrected chi connectivity index (χ1v) is 2.20. The van der Waals surface area contributed by atoms with Crippen LogP contribution in [0.15, 0.2) is 11.8 Å². The molecular formula is C5H9N3. The first-order chi connectivity index (χ1) is 3.68. The van der Waals surface area contributed by atoms with Gasteiger partial charge in [-0.15, -0.1) is 0 Å². The number of allylic oxidation sites excluding steroid dienone is 2. The Morgan fingerprint density at radius 3 is 2.25 bits per heavy atom. The molecule has 0 radical (unpaired) electrons. The Labute approximate surface area is 48.2 Å². The molecule has 0 fully saturated rings. The Bertz CT molecular complexity index is 135. The van der Waals surface area contributed by atoms with Crippen LogP contribution in [0.3, 0.4) is 0 Å². The van der Waals surface area contributed by atoms with Crippen molar-refractivity contribution in [1.29, 1.82) is 10.8 Å². The van der Waals surface area contributed by atoms with Gasteiger partial charge in [-0.3, -0.25) is 0 Å². The van der Waals surface area contributed by atoms with E-state index in [2.05, 4.69) is 0 Å². The first-order valence-electron chi connectivity index (χ1n) is 2.20. The van der Waals surface area contributed by atoms with Gasteiger partial charge < -0.3 is 16.6 Å². The number of rotatable bonds is 2. The minimum atomic E-state index is 0.300. The fraction of sp³-hybridized carbons (Fsp3) is 0.200. The van der Waals surface area contributed by atoms with E-state index in [1.165, 1.54) is 6.08 Å². The van der Waals surface area contributed by atoms with Crippen LogP contribution in [0, 0.1) is 10.8 Å². The summed E-state index contributed by atoms with van der Waals surface area (Å²) in [5, 5.41) is 13.5. The van der Waals surface area contributed by atoms with Crippen LogP contribution >= 0.6 is 0 Å². The molecule has 0 amide bonds. The Kier molecular flexibility index (Phi) is 2.54. The topological polar surface area (TPSA) is 73.7 Å². The van der Waals surface area contributed by atoms with Crippen molar-refractivity contribution in [2.45, 2.75) is 6.92 Å². The molecule has 0 aromatic heterocycles. The van der Waals surface area contributed by atoms with Crippen LogP contribution in [0.5, 0.6) is 0 Å². The van der Waals surface area contributed by atoms with Gasteiger partial charge in [0.2, 0.25) is 0 Å². The summed E-state index contributed by atoms with van der Waals surface area (Å²) in [4.78, 5) is 0. The van der Waals surface area contributed by atoms with Gasteiger partial charge in [0, 0.05) is 6.21 Å². The zero-order valence-corrected chi connectivity index (χ0v) is 4.73. The molecule has 0 aromatic carbocycles. The molecule has 0 bridgehead atoms. The molecule has 0 spiro atoms. The molecule has 0 unspecified atom stereocenters. The molecule has 44 valence electrons. The zero-order chi connectivity index (χ0) is 6.57. The van der Waals surface area contributed by atoms with Crippen LogP contribution in [-0.2, 0) is 0 Å². The van der Waals surface area contributed by atoms with E-state index in [1.54, 1.807) is 6.92 Å². The average molecular weight is 111 g/mol. The van der Waals surface area contributed by atoms with E-state index in [9.17, 15) is 0 Å². The normalized spacial score (nSPS) is 10.9. The molecule has 0 atom stereocenters. The zero-order valence-electron chi connectivity index (χ0n) is 4.73. The van der Waals surface area contributed by atoms with Crippen molar-refractivity contribution in [2.75, 3.05) is 0 Å². The molecule has 4 N–H and O–H groups in total. The fourth-order valence-electron chi connectivity index (χ4n) is 0.215. The minimum absolute atomic E-state index is 0.300. The summed E-state index contributed by atoms with van der Waals surface area (Å²) < 4.78 is 0. The van der Waals surface area contributed by atoms with E-state index >= 15 is 0 Å². The second-order valence-electron chi connectivity index (χ2n) is 1.41. The SMILES string of the molecule is CC(=N)/C(N)=C\C=N. The van der Waals surface area contributed by atoms with Crippen molar-refractivity contribution in [3.8, 4) is 0 Å².